The zero-order chi connectivity index (χ0) is 22.9. The third kappa shape index (κ3) is 4.54. The molecule has 9 heteroatoms. The van der Waals surface area contributed by atoms with Crippen LogP contribution in [0.2, 0.25) is 0 Å². The van der Waals surface area contributed by atoms with Gasteiger partial charge in [0, 0.05) is 29.1 Å². The molecule has 0 bridgehead atoms. The number of carbonyl (C=O) groups excluding carboxylic acids is 1. The molecule has 4 rings (SSSR count). The number of carbonyl (C=O) groups is 1. The van der Waals surface area contributed by atoms with Crippen LogP contribution in [0.15, 0.2) is 60.9 Å². The van der Waals surface area contributed by atoms with Crippen LogP contribution in [0.1, 0.15) is 40.0 Å². The van der Waals surface area contributed by atoms with Gasteiger partial charge in [-0.25, -0.2) is 13.6 Å². The number of hydrogen-bond donors (Lipinski definition) is 1. The third-order valence-electron chi connectivity index (χ3n) is 4.73. The summed E-state index contributed by atoms with van der Waals surface area (Å²) in [5.41, 5.74) is -0.0573. The van der Waals surface area contributed by atoms with E-state index < -0.39 is 41.6 Å². The Morgan fingerprint density at radius 3 is 2.53 bits per heavy atom. The van der Waals surface area contributed by atoms with E-state index in [9.17, 15) is 26.7 Å². The molecule has 0 unspecified atom stereocenters. The van der Waals surface area contributed by atoms with Crippen LogP contribution in [0.5, 0.6) is 0 Å². The highest BCUT2D eigenvalue weighted by atomic mass is 19.4. The average molecular weight is 444 g/mol. The van der Waals surface area contributed by atoms with Crippen LogP contribution in [-0.2, 0) is 10.9 Å². The molecule has 0 spiro atoms. The number of nitrogens with one attached hydrogen (secondary N) is 1. The summed E-state index contributed by atoms with van der Waals surface area (Å²) >= 11 is 0. The Labute approximate surface area is 179 Å². The highest BCUT2D eigenvalue weighted by Crippen LogP contribution is 2.38. The van der Waals surface area contributed by atoms with Crippen molar-refractivity contribution in [2.75, 3.05) is 0 Å². The summed E-state index contributed by atoms with van der Waals surface area (Å²) in [6, 6.07) is 8.06. The molecule has 0 radical (unpaired) electrons. The Morgan fingerprint density at radius 2 is 1.75 bits per heavy atom. The highest BCUT2D eigenvalue weighted by Gasteiger charge is 2.38. The van der Waals surface area contributed by atoms with Crippen molar-refractivity contribution in [3.63, 3.8) is 0 Å². The summed E-state index contributed by atoms with van der Waals surface area (Å²) in [6.07, 6.45) is -3.66. The first kappa shape index (κ1) is 21.3. The average Bonchev–Trinajstić information content (AvgIpc) is 3.15. The van der Waals surface area contributed by atoms with Gasteiger partial charge in [0.1, 0.15) is 17.7 Å². The van der Waals surface area contributed by atoms with Crippen molar-refractivity contribution in [2.24, 2.45) is 0 Å². The summed E-state index contributed by atoms with van der Waals surface area (Å²) in [4.78, 5) is 15.9. The standard InChI is InChI=1S/C23H13F5N2O2/c24-17-6-7-19(25)18(10-17)21-20(30-22(31)32-21)15-8-14(11-29-12-15)5-4-13-2-1-3-16(9-13)23(26,27)28/h1-3,6-12,20-21H,(H,30,31)/t20-,21-/m1/s1. The number of benzene rings is 2. The molecule has 1 fully saturated rings. The lowest BCUT2D eigenvalue weighted by molar-refractivity contribution is -0.137. The Morgan fingerprint density at radius 1 is 0.969 bits per heavy atom. The highest BCUT2D eigenvalue weighted by molar-refractivity contribution is 5.71. The molecule has 2 aromatic carbocycles. The SMILES string of the molecule is O=C1N[C@H](c2cncc(C#Cc3cccc(C(F)(F)F)c3)c2)[C@@H](c2cc(F)ccc2F)O1. The molecular formula is C23H13F5N2O2. The normalized spacial score (nSPS) is 17.8. The fraction of sp³-hybridized carbons (Fsp3) is 0.130. The van der Waals surface area contributed by atoms with E-state index >= 15 is 0 Å². The van der Waals surface area contributed by atoms with E-state index in [4.69, 9.17) is 4.74 Å². The van der Waals surface area contributed by atoms with E-state index in [1.54, 1.807) is 0 Å². The Kier molecular flexibility index (Phi) is 5.53. The number of cyclic esters (lactones) is 1. The van der Waals surface area contributed by atoms with Gasteiger partial charge in [-0.3, -0.25) is 4.98 Å². The Bertz CT molecular complexity index is 1250. The maximum Gasteiger partial charge on any atom is 0.416 e. The molecule has 1 saturated heterocycles. The minimum atomic E-state index is -4.49. The number of rotatable bonds is 2. The fourth-order valence-electron chi connectivity index (χ4n) is 3.27. The lowest BCUT2D eigenvalue weighted by Crippen LogP contribution is -2.20. The van der Waals surface area contributed by atoms with Crippen LogP contribution in [-0.4, -0.2) is 11.1 Å². The smallest absolute Gasteiger partial charge is 0.416 e. The lowest BCUT2D eigenvalue weighted by Gasteiger charge is -2.18. The molecule has 0 saturated carbocycles. The molecular weight excluding hydrogens is 431 g/mol. The van der Waals surface area contributed by atoms with Gasteiger partial charge in [0.2, 0.25) is 0 Å². The predicted octanol–water partition coefficient (Wildman–Crippen LogP) is 5.30. The van der Waals surface area contributed by atoms with Gasteiger partial charge in [-0.15, -0.1) is 0 Å². The zero-order valence-corrected chi connectivity index (χ0v) is 16.1. The van der Waals surface area contributed by atoms with Gasteiger partial charge in [0.15, 0.2) is 6.10 Å². The Hall–Kier alpha value is -3.93. The van der Waals surface area contributed by atoms with Crippen LogP contribution in [0.4, 0.5) is 26.7 Å². The van der Waals surface area contributed by atoms with Crippen LogP contribution in [0.25, 0.3) is 0 Å². The molecule has 3 aromatic rings. The van der Waals surface area contributed by atoms with Crippen LogP contribution in [0, 0.1) is 23.5 Å². The van der Waals surface area contributed by atoms with Gasteiger partial charge in [0.05, 0.1) is 5.56 Å². The number of alkyl halides is 3. The van der Waals surface area contributed by atoms with E-state index in [1.807, 2.05) is 0 Å². The molecule has 1 N–H and O–H groups in total. The van der Waals surface area contributed by atoms with E-state index in [0.29, 0.717) is 11.1 Å². The number of halogens is 5. The summed E-state index contributed by atoms with van der Waals surface area (Å²) in [6.45, 7) is 0. The predicted molar refractivity (Wildman–Crippen MR) is 103 cm³/mol. The largest absolute Gasteiger partial charge is 0.439 e. The topological polar surface area (TPSA) is 51.2 Å². The van der Waals surface area contributed by atoms with E-state index in [0.717, 1.165) is 30.3 Å². The molecule has 1 aromatic heterocycles. The molecule has 2 heterocycles. The van der Waals surface area contributed by atoms with Crippen LogP contribution >= 0.6 is 0 Å². The van der Waals surface area contributed by atoms with E-state index in [2.05, 4.69) is 22.1 Å². The number of amides is 1. The Balaban J connectivity index is 1.64. The van der Waals surface area contributed by atoms with Crippen molar-refractivity contribution in [3.05, 3.63) is 100 Å². The number of ether oxygens (including phenoxy) is 1. The summed E-state index contributed by atoms with van der Waals surface area (Å²) in [7, 11) is 0. The second-order valence-electron chi connectivity index (χ2n) is 6.95. The molecule has 32 heavy (non-hydrogen) atoms. The van der Waals surface area contributed by atoms with Crippen molar-refractivity contribution in [3.8, 4) is 11.8 Å². The lowest BCUT2D eigenvalue weighted by atomic mass is 9.96. The van der Waals surface area contributed by atoms with Crippen molar-refractivity contribution >= 4 is 6.09 Å². The quantitative estimate of drug-likeness (QED) is 0.431. The number of alkyl carbamates (subject to hydrolysis) is 1. The van der Waals surface area contributed by atoms with Gasteiger partial charge in [-0.2, -0.15) is 13.2 Å². The molecule has 1 aliphatic heterocycles. The zero-order valence-electron chi connectivity index (χ0n) is 16.1. The van der Waals surface area contributed by atoms with Crippen LogP contribution < -0.4 is 5.32 Å². The third-order valence-corrected chi connectivity index (χ3v) is 4.73. The number of nitrogens with zero attached hydrogens (tertiary/aromatic N) is 1. The van der Waals surface area contributed by atoms with Gasteiger partial charge in [-0.05, 0) is 48.0 Å². The molecule has 1 amide bonds. The molecule has 162 valence electrons. The number of hydrogen-bond acceptors (Lipinski definition) is 3. The monoisotopic (exact) mass is 444 g/mol. The minimum Gasteiger partial charge on any atom is -0.439 e. The molecule has 2 atom stereocenters. The molecule has 0 aliphatic carbocycles. The number of pyridine rings is 1. The second-order valence-corrected chi connectivity index (χ2v) is 6.95. The number of aromatic nitrogens is 1. The summed E-state index contributed by atoms with van der Waals surface area (Å²) in [5.74, 6) is 3.93. The van der Waals surface area contributed by atoms with Crippen LogP contribution in [0.3, 0.4) is 0 Å². The van der Waals surface area contributed by atoms with Gasteiger partial charge >= 0.3 is 12.3 Å². The minimum absolute atomic E-state index is 0.145. The van der Waals surface area contributed by atoms with Gasteiger partial charge < -0.3 is 10.1 Å². The van der Waals surface area contributed by atoms with Gasteiger partial charge in [-0.1, -0.05) is 17.9 Å². The second kappa shape index (κ2) is 8.30. The van der Waals surface area contributed by atoms with Crippen molar-refractivity contribution in [1.29, 1.82) is 0 Å². The first-order chi connectivity index (χ1) is 15.2. The first-order valence-corrected chi connectivity index (χ1v) is 9.27. The molecule has 1 aliphatic rings. The fourth-order valence-corrected chi connectivity index (χ4v) is 3.27. The van der Waals surface area contributed by atoms with Crippen molar-refractivity contribution in [2.45, 2.75) is 18.3 Å². The maximum atomic E-state index is 14.2. The van der Waals surface area contributed by atoms with Crippen molar-refractivity contribution in [1.82, 2.24) is 10.3 Å². The molecule has 4 nitrogen and oxygen atoms in total. The first-order valence-electron chi connectivity index (χ1n) is 9.27. The summed E-state index contributed by atoms with van der Waals surface area (Å²) in [5, 5.41) is 2.53. The maximum absolute atomic E-state index is 14.2. The van der Waals surface area contributed by atoms with Crippen molar-refractivity contribution < 1.29 is 31.5 Å². The summed E-state index contributed by atoms with van der Waals surface area (Å²) < 4.78 is 71.6. The van der Waals surface area contributed by atoms with E-state index in [-0.39, 0.29) is 11.1 Å². The van der Waals surface area contributed by atoms with Gasteiger partial charge in [0.25, 0.3) is 0 Å². The van der Waals surface area contributed by atoms with E-state index in [1.165, 1.54) is 30.6 Å².